The van der Waals surface area contributed by atoms with Crippen LogP contribution in [0.25, 0.3) is 5.70 Å². The van der Waals surface area contributed by atoms with E-state index in [1.165, 1.54) is 0 Å². The second kappa shape index (κ2) is 2.12. The molecule has 3 nitrogen and oxygen atoms in total. The number of nitrogens with zero attached hydrogens (tertiary/aromatic N) is 2. The van der Waals surface area contributed by atoms with E-state index in [-0.39, 0.29) is 0 Å². The molecule has 0 saturated heterocycles. The number of fused-ring (bicyclic) bond motifs is 1. The molecule has 0 aromatic carbocycles. The predicted molar refractivity (Wildman–Crippen MR) is 44.0 cm³/mol. The maximum absolute atomic E-state index is 4.21. The normalized spacial score (nSPS) is 15.9. The van der Waals surface area contributed by atoms with Gasteiger partial charge in [0, 0.05) is 13.1 Å². The molecule has 0 radical (unpaired) electrons. The van der Waals surface area contributed by atoms with Gasteiger partial charge in [-0.2, -0.15) is 0 Å². The monoisotopic (exact) mass is 149 g/mol. The molecule has 0 spiro atoms. The van der Waals surface area contributed by atoms with Crippen molar-refractivity contribution in [1.29, 1.82) is 0 Å². The molecule has 58 valence electrons. The second-order valence-electron chi connectivity index (χ2n) is 2.75. The fourth-order valence-corrected chi connectivity index (χ4v) is 1.40. The summed E-state index contributed by atoms with van der Waals surface area (Å²) in [6.45, 7) is 7.87. The Balaban J connectivity index is 2.55. The van der Waals surface area contributed by atoms with Crippen molar-refractivity contribution < 1.29 is 0 Å². The number of hydrogen-bond donors (Lipinski definition) is 1. The highest BCUT2D eigenvalue weighted by atomic mass is 15.1. The van der Waals surface area contributed by atoms with Crippen molar-refractivity contribution in [2.24, 2.45) is 0 Å². The Labute approximate surface area is 65.7 Å². The summed E-state index contributed by atoms with van der Waals surface area (Å²) < 4.78 is 2.18. The summed E-state index contributed by atoms with van der Waals surface area (Å²) in [5, 5.41) is 3.20. The number of nitrogens with one attached hydrogen (secondary N) is 1. The Morgan fingerprint density at radius 3 is 3.27 bits per heavy atom. The first-order valence-corrected chi connectivity index (χ1v) is 3.74. The number of rotatable bonds is 0. The van der Waals surface area contributed by atoms with Gasteiger partial charge in [-0.3, -0.25) is 0 Å². The van der Waals surface area contributed by atoms with Crippen LogP contribution in [-0.4, -0.2) is 16.1 Å². The third-order valence-electron chi connectivity index (χ3n) is 2.04. The van der Waals surface area contributed by atoms with Crippen LogP contribution in [0.1, 0.15) is 11.5 Å². The van der Waals surface area contributed by atoms with Gasteiger partial charge in [0.25, 0.3) is 0 Å². The number of imidazole rings is 1. The first kappa shape index (κ1) is 6.46. The molecule has 0 amide bonds. The van der Waals surface area contributed by atoms with E-state index in [0.717, 1.165) is 30.3 Å². The summed E-state index contributed by atoms with van der Waals surface area (Å²) in [4.78, 5) is 4.21. The van der Waals surface area contributed by atoms with Gasteiger partial charge in [-0.1, -0.05) is 6.58 Å². The van der Waals surface area contributed by atoms with Crippen molar-refractivity contribution in [2.75, 3.05) is 6.54 Å². The van der Waals surface area contributed by atoms with E-state index in [2.05, 4.69) is 21.4 Å². The number of aromatic nitrogens is 2. The van der Waals surface area contributed by atoms with Gasteiger partial charge < -0.3 is 9.88 Å². The van der Waals surface area contributed by atoms with E-state index in [1.54, 1.807) is 0 Å². The maximum Gasteiger partial charge on any atom is 0.106 e. The number of hydrogen-bond acceptors (Lipinski definition) is 2. The average molecular weight is 149 g/mol. The smallest absolute Gasteiger partial charge is 0.106 e. The van der Waals surface area contributed by atoms with E-state index in [1.807, 2.05) is 13.1 Å². The molecule has 2 heterocycles. The molecule has 1 aliphatic rings. The Morgan fingerprint density at radius 2 is 2.55 bits per heavy atom. The first-order valence-electron chi connectivity index (χ1n) is 3.74. The zero-order chi connectivity index (χ0) is 7.84. The topological polar surface area (TPSA) is 29.9 Å². The fourth-order valence-electron chi connectivity index (χ4n) is 1.40. The Kier molecular flexibility index (Phi) is 1.24. The molecule has 0 atom stereocenters. The van der Waals surface area contributed by atoms with Crippen LogP contribution in [-0.2, 0) is 6.54 Å². The standard InChI is InChI=1S/C8H11N3/c1-6-8-5-10-7(2)11(8)4-3-9-6/h5,9H,1,3-4H2,2H3. The third kappa shape index (κ3) is 0.843. The van der Waals surface area contributed by atoms with Crippen LogP contribution in [0, 0.1) is 6.92 Å². The highest BCUT2D eigenvalue weighted by Gasteiger charge is 2.12. The lowest BCUT2D eigenvalue weighted by Gasteiger charge is -2.19. The van der Waals surface area contributed by atoms with E-state index in [9.17, 15) is 0 Å². The zero-order valence-corrected chi connectivity index (χ0v) is 6.59. The lowest BCUT2D eigenvalue weighted by atomic mass is 10.3. The summed E-state index contributed by atoms with van der Waals surface area (Å²) >= 11 is 0. The molecule has 0 unspecified atom stereocenters. The number of aryl methyl sites for hydroxylation is 1. The van der Waals surface area contributed by atoms with Crippen LogP contribution in [0.3, 0.4) is 0 Å². The quantitative estimate of drug-likeness (QED) is 0.590. The molecule has 2 rings (SSSR count). The van der Waals surface area contributed by atoms with E-state index in [4.69, 9.17) is 0 Å². The van der Waals surface area contributed by atoms with Gasteiger partial charge in [0.1, 0.15) is 5.82 Å². The molecule has 0 saturated carbocycles. The molecular weight excluding hydrogens is 138 g/mol. The minimum Gasteiger partial charge on any atom is -0.382 e. The van der Waals surface area contributed by atoms with Gasteiger partial charge in [0.05, 0.1) is 17.6 Å². The Hall–Kier alpha value is -1.25. The highest BCUT2D eigenvalue weighted by Crippen LogP contribution is 2.14. The summed E-state index contributed by atoms with van der Waals surface area (Å²) in [7, 11) is 0. The zero-order valence-electron chi connectivity index (χ0n) is 6.59. The maximum atomic E-state index is 4.21. The van der Waals surface area contributed by atoms with Crippen LogP contribution in [0.5, 0.6) is 0 Å². The lowest BCUT2D eigenvalue weighted by molar-refractivity contribution is 0.610. The van der Waals surface area contributed by atoms with E-state index >= 15 is 0 Å². The van der Waals surface area contributed by atoms with Gasteiger partial charge in [-0.15, -0.1) is 0 Å². The van der Waals surface area contributed by atoms with Gasteiger partial charge >= 0.3 is 0 Å². The van der Waals surface area contributed by atoms with Gasteiger partial charge in [-0.25, -0.2) is 4.98 Å². The van der Waals surface area contributed by atoms with Crippen molar-refractivity contribution in [3.63, 3.8) is 0 Å². The predicted octanol–water partition coefficient (Wildman–Crippen LogP) is 0.765. The lowest BCUT2D eigenvalue weighted by Crippen LogP contribution is -2.26. The minimum atomic E-state index is 0.961. The van der Waals surface area contributed by atoms with Crippen LogP contribution >= 0.6 is 0 Å². The van der Waals surface area contributed by atoms with Crippen LogP contribution in [0.15, 0.2) is 12.8 Å². The molecule has 1 aliphatic heterocycles. The van der Waals surface area contributed by atoms with Crippen molar-refractivity contribution in [3.05, 3.63) is 24.3 Å². The summed E-state index contributed by atoms with van der Waals surface area (Å²) in [5.41, 5.74) is 2.10. The van der Waals surface area contributed by atoms with Crippen molar-refractivity contribution >= 4 is 5.70 Å². The minimum absolute atomic E-state index is 0.961. The fraction of sp³-hybridized carbons (Fsp3) is 0.375. The summed E-state index contributed by atoms with van der Waals surface area (Å²) in [6.07, 6.45) is 1.86. The van der Waals surface area contributed by atoms with Crippen LogP contribution < -0.4 is 5.32 Å². The van der Waals surface area contributed by atoms with Crippen molar-refractivity contribution in [1.82, 2.24) is 14.9 Å². The summed E-state index contributed by atoms with van der Waals surface area (Å²) in [5.74, 6) is 1.07. The molecule has 1 N–H and O–H groups in total. The van der Waals surface area contributed by atoms with Crippen molar-refractivity contribution in [2.45, 2.75) is 13.5 Å². The SMILES string of the molecule is C=C1NCCn2c1cnc2C. The molecule has 0 fully saturated rings. The second-order valence-corrected chi connectivity index (χ2v) is 2.75. The first-order chi connectivity index (χ1) is 5.29. The molecule has 1 aromatic rings. The van der Waals surface area contributed by atoms with Crippen LogP contribution in [0.4, 0.5) is 0 Å². The van der Waals surface area contributed by atoms with Gasteiger partial charge in [0.15, 0.2) is 0 Å². The van der Waals surface area contributed by atoms with E-state index < -0.39 is 0 Å². The molecule has 11 heavy (non-hydrogen) atoms. The average Bonchev–Trinajstić information content (AvgIpc) is 2.35. The van der Waals surface area contributed by atoms with Gasteiger partial charge in [0.2, 0.25) is 0 Å². The Bertz CT molecular complexity index is 298. The highest BCUT2D eigenvalue weighted by molar-refractivity contribution is 5.59. The molecule has 0 bridgehead atoms. The van der Waals surface area contributed by atoms with Gasteiger partial charge in [-0.05, 0) is 6.92 Å². The Morgan fingerprint density at radius 1 is 1.73 bits per heavy atom. The third-order valence-corrected chi connectivity index (χ3v) is 2.04. The molecule has 3 heteroatoms. The largest absolute Gasteiger partial charge is 0.382 e. The van der Waals surface area contributed by atoms with Crippen molar-refractivity contribution in [3.8, 4) is 0 Å². The molecule has 1 aromatic heterocycles. The molecule has 0 aliphatic carbocycles. The van der Waals surface area contributed by atoms with E-state index in [0.29, 0.717) is 0 Å². The summed E-state index contributed by atoms with van der Waals surface area (Å²) in [6, 6.07) is 0. The van der Waals surface area contributed by atoms with Crippen LogP contribution in [0.2, 0.25) is 0 Å². The molecular formula is C8H11N3.